The summed E-state index contributed by atoms with van der Waals surface area (Å²) in [4.78, 5) is 25.6. The number of carboxylic acid groups (broad SMARTS) is 1. The molecule has 1 amide bonds. The smallest absolute Gasteiger partial charge is 0.487 e. The first-order chi connectivity index (χ1) is 7.06. The van der Waals surface area contributed by atoms with E-state index in [1.165, 1.54) is 0 Å². The van der Waals surface area contributed by atoms with Crippen LogP contribution in [0.4, 0.5) is 0 Å². The number of hydrogen-bond donors (Lipinski definition) is 1. The van der Waals surface area contributed by atoms with Crippen LogP contribution in [-0.2, 0) is 20.8 Å². The zero-order chi connectivity index (χ0) is 11.2. The van der Waals surface area contributed by atoms with Crippen molar-refractivity contribution >= 4 is 28.1 Å². The summed E-state index contributed by atoms with van der Waals surface area (Å²) in [6.45, 7) is 0. The molecular weight excluding hydrogens is 222 g/mol. The van der Waals surface area contributed by atoms with E-state index in [4.69, 9.17) is 10.6 Å². The highest BCUT2D eigenvalue weighted by Crippen LogP contribution is 2.33. The fraction of sp³-hybridized carbons (Fsp3) is 0.286. The first kappa shape index (κ1) is 9.91. The first-order valence-electron chi connectivity index (χ1n) is 3.96. The standard InChI is InChI=1S/C7H5N3O4S/c8-9-4-1-3(7(12)13)10-5(11)2-6(10)15(4)14/h1,6H,2H2,(H,12,13)/t6-,15?/m0/s1. The number of carbonyl (C=O) groups excluding carboxylic acids is 1. The molecular formula is C7H5N3O4S. The number of aliphatic carboxylic acids is 1. The van der Waals surface area contributed by atoms with Gasteiger partial charge >= 0.3 is 11.0 Å². The van der Waals surface area contributed by atoms with Gasteiger partial charge in [-0.1, -0.05) is 0 Å². The summed E-state index contributed by atoms with van der Waals surface area (Å²) in [6.07, 6.45) is 0.947. The third-order valence-corrected chi connectivity index (χ3v) is 3.68. The van der Waals surface area contributed by atoms with Crippen molar-refractivity contribution in [2.45, 2.75) is 11.8 Å². The van der Waals surface area contributed by atoms with Crippen LogP contribution in [0.5, 0.6) is 0 Å². The van der Waals surface area contributed by atoms with Gasteiger partial charge in [0.2, 0.25) is 11.3 Å². The van der Waals surface area contributed by atoms with Gasteiger partial charge in [-0.05, 0) is 0 Å². The van der Waals surface area contributed by atoms with Crippen LogP contribution < -0.4 is 0 Å². The minimum absolute atomic E-state index is 0.0102. The van der Waals surface area contributed by atoms with E-state index in [-0.39, 0.29) is 23.1 Å². The zero-order valence-electron chi connectivity index (χ0n) is 7.28. The van der Waals surface area contributed by atoms with Gasteiger partial charge in [-0.25, -0.2) is 4.79 Å². The van der Waals surface area contributed by atoms with Crippen molar-refractivity contribution in [1.82, 2.24) is 4.90 Å². The van der Waals surface area contributed by atoms with Gasteiger partial charge in [0.05, 0.1) is 17.6 Å². The van der Waals surface area contributed by atoms with E-state index in [2.05, 4.69) is 4.79 Å². The number of carbonyl (C=O) groups is 2. The minimum Gasteiger partial charge on any atom is -0.604 e. The van der Waals surface area contributed by atoms with Gasteiger partial charge in [0.1, 0.15) is 11.8 Å². The summed E-state index contributed by atoms with van der Waals surface area (Å²) in [5.74, 6) is -1.70. The van der Waals surface area contributed by atoms with E-state index in [0.29, 0.717) is 0 Å². The summed E-state index contributed by atoms with van der Waals surface area (Å²) in [5, 5.41) is 7.85. The molecule has 0 bridgehead atoms. The van der Waals surface area contributed by atoms with Crippen molar-refractivity contribution in [2.24, 2.45) is 0 Å². The molecule has 0 aromatic carbocycles. The molecule has 1 fully saturated rings. The molecule has 0 spiro atoms. The summed E-state index contributed by atoms with van der Waals surface area (Å²) in [7, 11) is 0. The van der Waals surface area contributed by atoms with Gasteiger partial charge in [0, 0.05) is 0 Å². The lowest BCUT2D eigenvalue weighted by molar-refractivity contribution is -0.146. The Morgan fingerprint density at radius 3 is 2.93 bits per heavy atom. The lowest BCUT2D eigenvalue weighted by atomic mass is 10.1. The van der Waals surface area contributed by atoms with Crippen molar-refractivity contribution < 1.29 is 24.0 Å². The van der Waals surface area contributed by atoms with E-state index in [9.17, 15) is 14.1 Å². The largest absolute Gasteiger partial charge is 0.604 e. The Hall–Kier alpha value is -1.63. The molecule has 0 aliphatic carbocycles. The van der Waals surface area contributed by atoms with Crippen molar-refractivity contribution in [3.05, 3.63) is 17.3 Å². The highest BCUT2D eigenvalue weighted by atomic mass is 32.2. The van der Waals surface area contributed by atoms with Crippen LogP contribution in [0.2, 0.25) is 0 Å². The fourth-order valence-electron chi connectivity index (χ4n) is 1.47. The molecule has 0 saturated carbocycles. The Bertz CT molecular complexity index is 440. The quantitative estimate of drug-likeness (QED) is 0.265. The van der Waals surface area contributed by atoms with Crippen molar-refractivity contribution in [3.8, 4) is 0 Å². The monoisotopic (exact) mass is 227 g/mol. The number of amides is 1. The lowest BCUT2D eigenvalue weighted by Crippen LogP contribution is -2.60. The Balaban J connectivity index is 2.48. The number of β-lactam (4-membered cyclic amide) rings is 1. The molecule has 1 saturated heterocycles. The SMILES string of the molecule is [N-]=[N+]=C1C=C(C(=O)O)N2C(=O)C[C@@H]2[S+]1[O-]. The maximum absolute atomic E-state index is 11.5. The molecule has 2 atom stereocenters. The second kappa shape index (κ2) is 3.20. The maximum atomic E-state index is 11.5. The molecule has 0 aromatic rings. The van der Waals surface area contributed by atoms with E-state index in [1.807, 2.05) is 0 Å². The molecule has 2 rings (SSSR count). The topological polar surface area (TPSA) is 117 Å². The Kier molecular flexibility index (Phi) is 2.11. The fourth-order valence-corrected chi connectivity index (χ4v) is 2.77. The van der Waals surface area contributed by atoms with Crippen LogP contribution >= 0.6 is 0 Å². The third-order valence-electron chi connectivity index (χ3n) is 2.20. The van der Waals surface area contributed by atoms with E-state index in [1.54, 1.807) is 0 Å². The molecule has 15 heavy (non-hydrogen) atoms. The number of nitrogens with zero attached hydrogens (tertiary/aromatic N) is 3. The molecule has 78 valence electrons. The Morgan fingerprint density at radius 2 is 2.47 bits per heavy atom. The third kappa shape index (κ3) is 1.27. The van der Waals surface area contributed by atoms with Gasteiger partial charge in [0.15, 0.2) is 0 Å². The second-order valence-electron chi connectivity index (χ2n) is 2.99. The van der Waals surface area contributed by atoms with Gasteiger partial charge in [-0.3, -0.25) is 9.69 Å². The minimum atomic E-state index is -1.66. The van der Waals surface area contributed by atoms with Crippen LogP contribution in [0.1, 0.15) is 6.42 Å². The van der Waals surface area contributed by atoms with Crippen LogP contribution in [-0.4, -0.2) is 41.6 Å². The molecule has 8 heteroatoms. The van der Waals surface area contributed by atoms with Gasteiger partial charge in [0.25, 0.3) is 0 Å². The van der Waals surface area contributed by atoms with Crippen LogP contribution in [0.15, 0.2) is 11.8 Å². The molecule has 2 aliphatic rings. The van der Waals surface area contributed by atoms with E-state index >= 15 is 0 Å². The summed E-state index contributed by atoms with van der Waals surface area (Å²) in [5.41, 5.74) is 8.21. The van der Waals surface area contributed by atoms with Gasteiger partial charge < -0.3 is 15.2 Å². The number of hydrogen-bond acceptors (Lipinski definition) is 3. The number of carboxylic acids is 1. The average molecular weight is 227 g/mol. The highest BCUT2D eigenvalue weighted by molar-refractivity contribution is 8.07. The zero-order valence-corrected chi connectivity index (χ0v) is 8.10. The average Bonchev–Trinajstić information content (AvgIpc) is 2.18. The van der Waals surface area contributed by atoms with Crippen LogP contribution in [0.25, 0.3) is 5.53 Å². The normalized spacial score (nSPS) is 28.9. The molecule has 0 aromatic heterocycles. The Morgan fingerprint density at radius 1 is 1.80 bits per heavy atom. The van der Waals surface area contributed by atoms with Crippen molar-refractivity contribution in [2.75, 3.05) is 0 Å². The van der Waals surface area contributed by atoms with Crippen LogP contribution in [0, 0.1) is 0 Å². The molecule has 0 radical (unpaired) electrons. The molecule has 2 aliphatic heterocycles. The number of fused-ring (bicyclic) bond motifs is 1. The maximum Gasteiger partial charge on any atom is 0.487 e. The van der Waals surface area contributed by atoms with E-state index in [0.717, 1.165) is 11.0 Å². The lowest BCUT2D eigenvalue weighted by Gasteiger charge is -2.39. The molecule has 1 N–H and O–H groups in total. The van der Waals surface area contributed by atoms with Crippen molar-refractivity contribution in [3.63, 3.8) is 0 Å². The summed E-state index contributed by atoms with van der Waals surface area (Å²) < 4.78 is 11.5. The highest BCUT2D eigenvalue weighted by Gasteiger charge is 2.56. The predicted molar refractivity (Wildman–Crippen MR) is 47.7 cm³/mol. The molecule has 2 heterocycles. The van der Waals surface area contributed by atoms with Crippen molar-refractivity contribution in [1.29, 1.82) is 0 Å². The Labute approximate surface area is 86.8 Å². The first-order valence-corrected chi connectivity index (χ1v) is 5.17. The summed E-state index contributed by atoms with van der Waals surface area (Å²) in [6, 6.07) is 0. The second-order valence-corrected chi connectivity index (χ2v) is 4.55. The van der Waals surface area contributed by atoms with E-state index < -0.39 is 22.5 Å². The molecule has 7 nitrogen and oxygen atoms in total. The van der Waals surface area contributed by atoms with Gasteiger partial charge in [-0.2, -0.15) is 0 Å². The summed E-state index contributed by atoms with van der Waals surface area (Å²) >= 11 is -1.66. The van der Waals surface area contributed by atoms with Crippen LogP contribution in [0.3, 0.4) is 0 Å². The number of rotatable bonds is 1. The molecule has 1 unspecified atom stereocenters. The van der Waals surface area contributed by atoms with Gasteiger partial charge in [-0.15, -0.1) is 4.79 Å². The predicted octanol–water partition coefficient (Wildman–Crippen LogP) is -1.10.